The van der Waals surface area contributed by atoms with Crippen LogP contribution in [0.5, 0.6) is 0 Å². The summed E-state index contributed by atoms with van der Waals surface area (Å²) in [6.45, 7) is 3.49. The fraction of sp³-hybridized carbons (Fsp3) is 0.571. The molecule has 2 rings (SSSR count). The van der Waals surface area contributed by atoms with E-state index in [-0.39, 0.29) is 12.4 Å². The van der Waals surface area contributed by atoms with Gasteiger partial charge in [-0.2, -0.15) is 0 Å². The molecule has 1 saturated heterocycles. The van der Waals surface area contributed by atoms with Crippen LogP contribution in [0.2, 0.25) is 0 Å². The molecule has 1 atom stereocenters. The highest BCUT2D eigenvalue weighted by atomic mass is 19.1. The van der Waals surface area contributed by atoms with E-state index in [2.05, 4.69) is 11.8 Å². The zero-order valence-corrected chi connectivity index (χ0v) is 10.5. The van der Waals surface area contributed by atoms with Gasteiger partial charge in [0, 0.05) is 30.4 Å². The Hall–Kier alpha value is -1.09. The maximum atomic E-state index is 13.7. The predicted molar refractivity (Wildman–Crippen MR) is 69.6 cm³/mol. The number of nitrogens with two attached hydrogens (primary N) is 1. The van der Waals surface area contributed by atoms with E-state index in [1.807, 2.05) is 6.07 Å². The van der Waals surface area contributed by atoms with Gasteiger partial charge in [-0.25, -0.2) is 4.39 Å². The van der Waals surface area contributed by atoms with Crippen molar-refractivity contribution >= 4 is 5.69 Å². The number of anilines is 1. The molecule has 1 aliphatic heterocycles. The van der Waals surface area contributed by atoms with Crippen molar-refractivity contribution in [2.24, 2.45) is 5.73 Å². The van der Waals surface area contributed by atoms with Crippen molar-refractivity contribution in [3.63, 3.8) is 0 Å². The minimum absolute atomic E-state index is 0.176. The van der Waals surface area contributed by atoms with Crippen LogP contribution in [-0.2, 0) is 6.54 Å². The smallest absolute Gasteiger partial charge is 0.129 e. The van der Waals surface area contributed by atoms with E-state index in [0.29, 0.717) is 11.6 Å². The Kier molecular flexibility index (Phi) is 4.00. The third kappa shape index (κ3) is 2.44. The van der Waals surface area contributed by atoms with E-state index >= 15 is 0 Å². The quantitative estimate of drug-likeness (QED) is 0.874. The zero-order chi connectivity index (χ0) is 12.3. The third-order valence-corrected chi connectivity index (χ3v) is 3.71. The molecule has 1 fully saturated rings. The lowest BCUT2D eigenvalue weighted by molar-refractivity contribution is 0.448. The standard InChI is InChI=1S/C14H21FN2/c1-2-11-6-3-4-9-17(11)14-8-5-7-13(15)12(14)10-16/h5,7-8,11H,2-4,6,9-10,16H2,1H3. The molecule has 0 spiro atoms. The number of hydrogen-bond acceptors (Lipinski definition) is 2. The summed E-state index contributed by atoms with van der Waals surface area (Å²) in [6, 6.07) is 5.82. The Labute approximate surface area is 103 Å². The maximum absolute atomic E-state index is 13.7. The molecule has 1 unspecified atom stereocenters. The van der Waals surface area contributed by atoms with Crippen molar-refractivity contribution in [2.75, 3.05) is 11.4 Å². The number of halogens is 1. The molecule has 1 heterocycles. The second-order valence-electron chi connectivity index (χ2n) is 4.69. The van der Waals surface area contributed by atoms with Crippen LogP contribution in [0.3, 0.4) is 0 Å². The van der Waals surface area contributed by atoms with E-state index in [1.54, 1.807) is 6.07 Å². The van der Waals surface area contributed by atoms with Gasteiger partial charge < -0.3 is 10.6 Å². The summed E-state index contributed by atoms with van der Waals surface area (Å²) in [6.07, 6.45) is 4.79. The molecule has 2 N–H and O–H groups in total. The van der Waals surface area contributed by atoms with Crippen LogP contribution in [0.15, 0.2) is 18.2 Å². The highest BCUT2D eigenvalue weighted by molar-refractivity contribution is 5.55. The number of piperidine rings is 1. The predicted octanol–water partition coefficient (Wildman–Crippen LogP) is 3.05. The largest absolute Gasteiger partial charge is 0.368 e. The lowest BCUT2D eigenvalue weighted by Gasteiger charge is -2.38. The first-order valence-electron chi connectivity index (χ1n) is 6.52. The Bertz CT molecular complexity index is 378. The van der Waals surface area contributed by atoms with Gasteiger partial charge in [-0.05, 0) is 37.8 Å². The summed E-state index contributed by atoms with van der Waals surface area (Å²) in [5.41, 5.74) is 7.34. The molecule has 1 aromatic rings. The van der Waals surface area contributed by atoms with E-state index in [1.165, 1.54) is 25.3 Å². The topological polar surface area (TPSA) is 29.3 Å². The van der Waals surface area contributed by atoms with Gasteiger partial charge in [-0.1, -0.05) is 13.0 Å². The van der Waals surface area contributed by atoms with Gasteiger partial charge in [0.25, 0.3) is 0 Å². The van der Waals surface area contributed by atoms with Crippen LogP contribution >= 0.6 is 0 Å². The fourth-order valence-electron chi connectivity index (χ4n) is 2.76. The van der Waals surface area contributed by atoms with Crippen LogP contribution in [0.4, 0.5) is 10.1 Å². The van der Waals surface area contributed by atoms with Crippen LogP contribution in [0.1, 0.15) is 38.2 Å². The molecule has 1 aliphatic rings. The monoisotopic (exact) mass is 236 g/mol. The van der Waals surface area contributed by atoms with E-state index in [9.17, 15) is 4.39 Å². The number of hydrogen-bond donors (Lipinski definition) is 1. The van der Waals surface area contributed by atoms with Gasteiger partial charge in [0.2, 0.25) is 0 Å². The van der Waals surface area contributed by atoms with Crippen LogP contribution in [0, 0.1) is 5.82 Å². The third-order valence-electron chi connectivity index (χ3n) is 3.71. The first-order chi connectivity index (χ1) is 8.27. The zero-order valence-electron chi connectivity index (χ0n) is 10.5. The van der Waals surface area contributed by atoms with Gasteiger partial charge in [0.05, 0.1) is 0 Å². The second-order valence-corrected chi connectivity index (χ2v) is 4.69. The molecular weight excluding hydrogens is 215 g/mol. The number of nitrogens with zero attached hydrogens (tertiary/aromatic N) is 1. The molecule has 94 valence electrons. The lowest BCUT2D eigenvalue weighted by Crippen LogP contribution is -2.40. The second kappa shape index (κ2) is 5.50. The minimum atomic E-state index is -0.176. The number of rotatable bonds is 3. The molecule has 0 aromatic heterocycles. The van der Waals surface area contributed by atoms with Crippen LogP contribution < -0.4 is 10.6 Å². The van der Waals surface area contributed by atoms with Crippen molar-refractivity contribution < 1.29 is 4.39 Å². The summed E-state index contributed by atoms with van der Waals surface area (Å²) < 4.78 is 13.7. The van der Waals surface area contributed by atoms with E-state index in [4.69, 9.17) is 5.73 Å². The summed E-state index contributed by atoms with van der Waals surface area (Å²) >= 11 is 0. The van der Waals surface area contributed by atoms with Crippen molar-refractivity contribution in [1.29, 1.82) is 0 Å². The summed E-state index contributed by atoms with van der Waals surface area (Å²) in [5, 5.41) is 0. The van der Waals surface area contributed by atoms with Gasteiger partial charge in [-0.3, -0.25) is 0 Å². The normalized spacial score (nSPS) is 20.6. The molecule has 1 aromatic carbocycles. The summed E-state index contributed by atoms with van der Waals surface area (Å²) in [7, 11) is 0. The highest BCUT2D eigenvalue weighted by Crippen LogP contribution is 2.30. The lowest BCUT2D eigenvalue weighted by atomic mass is 9.98. The Morgan fingerprint density at radius 1 is 1.41 bits per heavy atom. The van der Waals surface area contributed by atoms with E-state index in [0.717, 1.165) is 18.7 Å². The molecule has 17 heavy (non-hydrogen) atoms. The average molecular weight is 236 g/mol. The fourth-order valence-corrected chi connectivity index (χ4v) is 2.76. The minimum Gasteiger partial charge on any atom is -0.368 e. The van der Waals surface area contributed by atoms with Gasteiger partial charge in [0.15, 0.2) is 0 Å². The maximum Gasteiger partial charge on any atom is 0.129 e. The first-order valence-corrected chi connectivity index (χ1v) is 6.52. The average Bonchev–Trinajstić information content (AvgIpc) is 2.38. The number of benzene rings is 1. The van der Waals surface area contributed by atoms with Crippen molar-refractivity contribution in [1.82, 2.24) is 0 Å². The molecule has 3 heteroatoms. The van der Waals surface area contributed by atoms with Crippen molar-refractivity contribution in [3.8, 4) is 0 Å². The molecule has 2 nitrogen and oxygen atoms in total. The molecule has 0 amide bonds. The summed E-state index contributed by atoms with van der Waals surface area (Å²) in [5.74, 6) is -0.176. The molecule has 0 saturated carbocycles. The first kappa shape index (κ1) is 12.4. The highest BCUT2D eigenvalue weighted by Gasteiger charge is 2.23. The van der Waals surface area contributed by atoms with Crippen molar-refractivity contribution in [2.45, 2.75) is 45.2 Å². The Morgan fingerprint density at radius 3 is 2.94 bits per heavy atom. The SMILES string of the molecule is CCC1CCCCN1c1cccc(F)c1CN. The summed E-state index contributed by atoms with van der Waals surface area (Å²) in [4.78, 5) is 2.34. The van der Waals surface area contributed by atoms with Gasteiger partial charge >= 0.3 is 0 Å². The van der Waals surface area contributed by atoms with Crippen LogP contribution in [0.25, 0.3) is 0 Å². The van der Waals surface area contributed by atoms with E-state index < -0.39 is 0 Å². The molecule has 0 bridgehead atoms. The van der Waals surface area contributed by atoms with Gasteiger partial charge in [0.1, 0.15) is 5.82 Å². The van der Waals surface area contributed by atoms with Crippen LogP contribution in [-0.4, -0.2) is 12.6 Å². The Balaban J connectivity index is 2.34. The Morgan fingerprint density at radius 2 is 2.24 bits per heavy atom. The molecule has 0 radical (unpaired) electrons. The molecular formula is C14H21FN2. The van der Waals surface area contributed by atoms with Gasteiger partial charge in [-0.15, -0.1) is 0 Å². The van der Waals surface area contributed by atoms with Crippen molar-refractivity contribution in [3.05, 3.63) is 29.6 Å². The molecule has 0 aliphatic carbocycles.